The van der Waals surface area contributed by atoms with E-state index in [9.17, 15) is 12.8 Å². The Bertz CT molecular complexity index is 456. The molecular weight excluding hydrogens is 217 g/mol. The molecule has 5 heteroatoms. The van der Waals surface area contributed by atoms with E-state index >= 15 is 0 Å². The molecule has 0 atom stereocenters. The Kier molecular flexibility index (Phi) is 3.46. The number of benzene rings is 1. The second-order valence-electron chi connectivity index (χ2n) is 3.40. The van der Waals surface area contributed by atoms with Gasteiger partial charge in [-0.3, -0.25) is 0 Å². The van der Waals surface area contributed by atoms with Crippen LogP contribution >= 0.6 is 0 Å². The van der Waals surface area contributed by atoms with Crippen molar-refractivity contribution in [2.24, 2.45) is 0 Å². The van der Waals surface area contributed by atoms with Crippen molar-refractivity contribution in [3.63, 3.8) is 0 Å². The zero-order valence-corrected chi connectivity index (χ0v) is 9.51. The minimum Gasteiger partial charge on any atom is -0.213 e. The average molecular weight is 230 g/mol. The Morgan fingerprint density at radius 2 is 2.07 bits per heavy atom. The van der Waals surface area contributed by atoms with E-state index < -0.39 is 15.8 Å². The highest BCUT2D eigenvalue weighted by atomic mass is 32.2. The van der Waals surface area contributed by atoms with Crippen molar-refractivity contribution in [2.75, 3.05) is 13.3 Å². The predicted molar refractivity (Wildman–Crippen MR) is 57.2 cm³/mol. The quantitative estimate of drug-likeness (QED) is 0.787. The fourth-order valence-electron chi connectivity index (χ4n) is 1.11. The van der Waals surface area contributed by atoms with E-state index in [0.717, 1.165) is 10.6 Å². The largest absolute Gasteiger partial charge is 0.213 e. The molecule has 0 spiro atoms. The van der Waals surface area contributed by atoms with E-state index in [0.29, 0.717) is 5.56 Å². The van der Waals surface area contributed by atoms with Gasteiger partial charge in [0.25, 0.3) is 0 Å². The monoisotopic (exact) mass is 230 g/mol. The summed E-state index contributed by atoms with van der Waals surface area (Å²) in [4.78, 5) is 0. The maximum atomic E-state index is 13.1. The summed E-state index contributed by atoms with van der Waals surface area (Å²) in [6.07, 6.45) is 1.11. The SMILES string of the molecule is [CH2]c1c(F)cccc1CN(C)S(C)(=O)=O. The molecule has 0 aliphatic heterocycles. The molecule has 0 heterocycles. The normalized spacial score (nSPS) is 12.1. The van der Waals surface area contributed by atoms with E-state index in [1.807, 2.05) is 0 Å². The lowest BCUT2D eigenvalue weighted by Crippen LogP contribution is -2.25. The maximum absolute atomic E-state index is 13.1. The smallest absolute Gasteiger partial charge is 0.211 e. The van der Waals surface area contributed by atoms with Crippen molar-refractivity contribution in [1.29, 1.82) is 0 Å². The fourth-order valence-corrected chi connectivity index (χ4v) is 1.48. The van der Waals surface area contributed by atoms with Crippen molar-refractivity contribution in [3.8, 4) is 0 Å². The topological polar surface area (TPSA) is 37.4 Å². The van der Waals surface area contributed by atoms with Crippen LogP contribution in [0.15, 0.2) is 18.2 Å². The lowest BCUT2D eigenvalue weighted by atomic mass is 10.1. The molecule has 1 radical (unpaired) electrons. The van der Waals surface area contributed by atoms with Crippen LogP contribution in [0.25, 0.3) is 0 Å². The highest BCUT2D eigenvalue weighted by Gasteiger charge is 2.13. The molecule has 0 saturated carbocycles. The second kappa shape index (κ2) is 4.28. The number of hydrogen-bond acceptors (Lipinski definition) is 2. The van der Waals surface area contributed by atoms with Gasteiger partial charge in [0.1, 0.15) is 5.82 Å². The van der Waals surface area contributed by atoms with Gasteiger partial charge in [-0.2, -0.15) is 0 Å². The van der Waals surface area contributed by atoms with Crippen LogP contribution in [-0.4, -0.2) is 26.0 Å². The Hall–Kier alpha value is -0.940. The van der Waals surface area contributed by atoms with E-state index in [2.05, 4.69) is 6.92 Å². The molecule has 0 amide bonds. The third-order valence-electron chi connectivity index (χ3n) is 2.18. The minimum absolute atomic E-state index is 0.134. The molecule has 1 rings (SSSR count). The summed E-state index contributed by atoms with van der Waals surface area (Å²) >= 11 is 0. The molecule has 3 nitrogen and oxygen atoms in total. The van der Waals surface area contributed by atoms with Gasteiger partial charge in [-0.15, -0.1) is 0 Å². The van der Waals surface area contributed by atoms with Gasteiger partial charge in [0.05, 0.1) is 6.26 Å². The highest BCUT2D eigenvalue weighted by molar-refractivity contribution is 7.88. The van der Waals surface area contributed by atoms with Crippen LogP contribution in [-0.2, 0) is 16.6 Å². The van der Waals surface area contributed by atoms with Crippen molar-refractivity contribution in [2.45, 2.75) is 6.54 Å². The molecular formula is C10H13FNO2S. The standard InChI is InChI=1S/C10H13FNO2S/c1-8-9(5-4-6-10(8)11)7-12(2)15(3,13)14/h4-6H,1,7H2,2-3H3. The third-order valence-corrected chi connectivity index (χ3v) is 3.44. The predicted octanol–water partition coefficient (Wildman–Crippen LogP) is 1.40. The number of nitrogens with zero attached hydrogens (tertiary/aromatic N) is 1. The summed E-state index contributed by atoms with van der Waals surface area (Å²) in [7, 11) is -1.80. The highest BCUT2D eigenvalue weighted by Crippen LogP contribution is 2.14. The van der Waals surface area contributed by atoms with Gasteiger partial charge < -0.3 is 0 Å². The van der Waals surface area contributed by atoms with Crippen LogP contribution < -0.4 is 0 Å². The van der Waals surface area contributed by atoms with Crippen molar-refractivity contribution in [1.82, 2.24) is 4.31 Å². The first kappa shape index (κ1) is 12.1. The molecule has 0 saturated heterocycles. The van der Waals surface area contributed by atoms with E-state index in [1.165, 1.54) is 19.2 Å². The van der Waals surface area contributed by atoms with Crippen molar-refractivity contribution in [3.05, 3.63) is 42.1 Å². The Morgan fingerprint density at radius 1 is 1.47 bits per heavy atom. The molecule has 1 aromatic rings. The molecule has 0 fully saturated rings. The number of rotatable bonds is 3. The summed E-state index contributed by atoms with van der Waals surface area (Å²) < 4.78 is 36.5. The van der Waals surface area contributed by atoms with E-state index in [4.69, 9.17) is 0 Å². The molecule has 0 aliphatic carbocycles. The summed E-state index contributed by atoms with van der Waals surface area (Å²) in [6, 6.07) is 4.49. The Balaban J connectivity index is 2.96. The van der Waals surface area contributed by atoms with E-state index in [-0.39, 0.29) is 12.1 Å². The molecule has 83 valence electrons. The van der Waals surface area contributed by atoms with Gasteiger partial charge in [0.2, 0.25) is 10.0 Å². The lowest BCUT2D eigenvalue weighted by Gasteiger charge is -2.15. The molecule has 0 N–H and O–H groups in total. The summed E-state index contributed by atoms with van der Waals surface area (Å²) in [5.41, 5.74) is 0.816. The van der Waals surface area contributed by atoms with Crippen LogP contribution in [0.4, 0.5) is 4.39 Å². The van der Waals surface area contributed by atoms with Gasteiger partial charge in [-0.25, -0.2) is 17.1 Å². The second-order valence-corrected chi connectivity index (χ2v) is 5.49. The third kappa shape index (κ3) is 3.00. The van der Waals surface area contributed by atoms with Crippen LogP contribution in [0.2, 0.25) is 0 Å². The van der Waals surface area contributed by atoms with Gasteiger partial charge >= 0.3 is 0 Å². The van der Waals surface area contributed by atoms with E-state index in [1.54, 1.807) is 6.07 Å². The zero-order chi connectivity index (χ0) is 11.6. The maximum Gasteiger partial charge on any atom is 0.211 e. The number of halogens is 1. The molecule has 0 unspecified atom stereocenters. The number of sulfonamides is 1. The first-order chi connectivity index (χ1) is 6.82. The van der Waals surface area contributed by atoms with Gasteiger partial charge in [-0.1, -0.05) is 12.1 Å². The fraction of sp³-hybridized carbons (Fsp3) is 0.300. The van der Waals surface area contributed by atoms with Gasteiger partial charge in [0, 0.05) is 13.6 Å². The van der Waals surface area contributed by atoms with Crippen LogP contribution in [0.5, 0.6) is 0 Å². The summed E-state index contributed by atoms with van der Waals surface area (Å²) in [5.74, 6) is -0.422. The van der Waals surface area contributed by atoms with Crippen LogP contribution in [0.1, 0.15) is 11.1 Å². The first-order valence-electron chi connectivity index (χ1n) is 4.33. The zero-order valence-electron chi connectivity index (χ0n) is 8.70. The lowest BCUT2D eigenvalue weighted by molar-refractivity contribution is 0.470. The van der Waals surface area contributed by atoms with Crippen molar-refractivity contribution < 1.29 is 12.8 Å². The van der Waals surface area contributed by atoms with Gasteiger partial charge in [-0.05, 0) is 24.1 Å². The Labute approximate surface area is 89.6 Å². The molecule has 0 bridgehead atoms. The molecule has 1 aromatic carbocycles. The Morgan fingerprint density at radius 3 is 2.60 bits per heavy atom. The summed E-state index contributed by atoms with van der Waals surface area (Å²) in [5, 5.41) is 0. The van der Waals surface area contributed by atoms with Crippen LogP contribution in [0.3, 0.4) is 0 Å². The number of hydrogen-bond donors (Lipinski definition) is 0. The molecule has 0 aromatic heterocycles. The average Bonchev–Trinajstić information content (AvgIpc) is 2.11. The minimum atomic E-state index is -3.25. The molecule has 15 heavy (non-hydrogen) atoms. The van der Waals surface area contributed by atoms with Gasteiger partial charge in [0.15, 0.2) is 0 Å². The molecule has 0 aliphatic rings. The first-order valence-corrected chi connectivity index (χ1v) is 6.18. The van der Waals surface area contributed by atoms with Crippen LogP contribution in [0, 0.1) is 12.7 Å². The summed E-state index contributed by atoms with van der Waals surface area (Å²) in [6.45, 7) is 3.69. The van der Waals surface area contributed by atoms with Crippen molar-refractivity contribution >= 4 is 10.0 Å².